The van der Waals surface area contributed by atoms with E-state index < -0.39 is 0 Å². The summed E-state index contributed by atoms with van der Waals surface area (Å²) in [6.45, 7) is 6.53. The summed E-state index contributed by atoms with van der Waals surface area (Å²) >= 11 is 0. The van der Waals surface area contributed by atoms with Crippen molar-refractivity contribution in [2.45, 2.75) is 27.3 Å². The number of hydrogen-bond acceptors (Lipinski definition) is 2. The number of pyridine rings is 1. The molecule has 1 aromatic carbocycles. The maximum Gasteiger partial charge on any atom is 0.317 e. The lowest BCUT2D eigenvalue weighted by Crippen LogP contribution is -2.38. The molecule has 0 saturated carbocycles. The number of fused-ring (bicyclic) bond motifs is 1. The molecule has 0 fully saturated rings. The summed E-state index contributed by atoms with van der Waals surface area (Å²) < 4.78 is 0.574. The van der Waals surface area contributed by atoms with Gasteiger partial charge < -0.3 is 15.5 Å². The summed E-state index contributed by atoms with van der Waals surface area (Å²) in [7, 11) is 0. The zero-order chi connectivity index (χ0) is 16.6. The second-order valence-electron chi connectivity index (χ2n) is 5.82. The Labute approximate surface area is 134 Å². The molecular weight excluding hydrogens is 290 g/mol. The van der Waals surface area contributed by atoms with E-state index in [-0.39, 0.29) is 11.6 Å². The molecule has 0 aliphatic rings. The first-order valence-corrected chi connectivity index (χ1v) is 7.52. The first kappa shape index (κ1) is 15.1. The molecule has 118 valence electrons. The van der Waals surface area contributed by atoms with Crippen molar-refractivity contribution in [3.05, 3.63) is 69.8 Å². The Morgan fingerprint density at radius 3 is 2.78 bits per heavy atom. The molecular formula is C18H19N3O2. The lowest BCUT2D eigenvalue weighted by atomic mass is 10.0. The molecule has 5 nitrogen and oxygen atoms in total. The number of rotatable bonds is 3. The summed E-state index contributed by atoms with van der Waals surface area (Å²) in [6, 6.07) is 8.97. The van der Waals surface area contributed by atoms with Crippen LogP contribution in [-0.2, 0) is 6.54 Å². The zero-order valence-electron chi connectivity index (χ0n) is 13.4. The fourth-order valence-corrected chi connectivity index (χ4v) is 2.80. The lowest BCUT2D eigenvalue weighted by molar-refractivity contribution is -0.607. The van der Waals surface area contributed by atoms with Crippen LogP contribution in [0.15, 0.2) is 36.5 Å². The monoisotopic (exact) mass is 309 g/mol. The Morgan fingerprint density at radius 2 is 2.04 bits per heavy atom. The van der Waals surface area contributed by atoms with Crippen molar-refractivity contribution in [2.75, 3.05) is 0 Å². The predicted molar refractivity (Wildman–Crippen MR) is 89.1 cm³/mol. The summed E-state index contributed by atoms with van der Waals surface area (Å²) in [6.07, 6.45) is 1.32. The standard InChI is InChI=1S/C18H19N3O2/c1-11-8-14(17-15(9-11)12(2)13(3)20-17)10-19-18(22)16-6-4-5-7-21(16)23/h4-9,20H,10H2,1-3H3,(H,19,22). The average Bonchev–Trinajstić information content (AvgIpc) is 2.81. The van der Waals surface area contributed by atoms with Gasteiger partial charge in [0.25, 0.3) is 5.69 Å². The second-order valence-corrected chi connectivity index (χ2v) is 5.82. The van der Waals surface area contributed by atoms with E-state index >= 15 is 0 Å². The Bertz CT molecular complexity index is 897. The Kier molecular flexibility index (Phi) is 3.78. The smallest absolute Gasteiger partial charge is 0.317 e. The van der Waals surface area contributed by atoms with Gasteiger partial charge in [0.1, 0.15) is 0 Å². The van der Waals surface area contributed by atoms with Gasteiger partial charge in [-0.2, -0.15) is 4.73 Å². The molecule has 1 amide bonds. The van der Waals surface area contributed by atoms with Crippen molar-refractivity contribution < 1.29 is 9.52 Å². The average molecular weight is 309 g/mol. The fourth-order valence-electron chi connectivity index (χ4n) is 2.80. The number of nitrogens with one attached hydrogen (secondary N) is 2. The number of carbonyl (C=O) groups excluding carboxylic acids is 1. The van der Waals surface area contributed by atoms with Gasteiger partial charge in [-0.05, 0) is 44.0 Å². The van der Waals surface area contributed by atoms with Crippen molar-refractivity contribution >= 4 is 16.8 Å². The highest BCUT2D eigenvalue weighted by Gasteiger charge is 2.16. The Morgan fingerprint density at radius 1 is 1.26 bits per heavy atom. The third-order valence-corrected chi connectivity index (χ3v) is 4.14. The number of benzene rings is 1. The largest absolute Gasteiger partial charge is 0.618 e. The minimum Gasteiger partial charge on any atom is -0.618 e. The molecule has 0 radical (unpaired) electrons. The number of amides is 1. The summed E-state index contributed by atoms with van der Waals surface area (Å²) in [4.78, 5) is 15.6. The summed E-state index contributed by atoms with van der Waals surface area (Å²) in [5.41, 5.74) is 5.62. The fraction of sp³-hybridized carbons (Fsp3) is 0.222. The van der Waals surface area contributed by atoms with Crippen LogP contribution in [0.2, 0.25) is 0 Å². The molecule has 5 heteroatoms. The van der Waals surface area contributed by atoms with Gasteiger partial charge in [0, 0.05) is 29.8 Å². The molecule has 2 aromatic heterocycles. The highest BCUT2D eigenvalue weighted by atomic mass is 16.5. The third-order valence-electron chi connectivity index (χ3n) is 4.14. The molecule has 0 atom stereocenters. The van der Waals surface area contributed by atoms with Crippen LogP contribution in [0.4, 0.5) is 0 Å². The van der Waals surface area contributed by atoms with E-state index in [0.717, 1.165) is 22.3 Å². The molecule has 0 aliphatic heterocycles. The predicted octanol–water partition coefficient (Wildman–Crippen LogP) is 2.66. The maximum absolute atomic E-state index is 12.2. The zero-order valence-corrected chi connectivity index (χ0v) is 13.4. The molecule has 0 bridgehead atoms. The van der Waals surface area contributed by atoms with Crippen molar-refractivity contribution in [1.82, 2.24) is 10.3 Å². The lowest BCUT2D eigenvalue weighted by Gasteiger charge is -2.08. The van der Waals surface area contributed by atoms with Crippen molar-refractivity contribution in [3.63, 3.8) is 0 Å². The van der Waals surface area contributed by atoms with Crippen LogP contribution >= 0.6 is 0 Å². The first-order valence-electron chi connectivity index (χ1n) is 7.52. The second kappa shape index (κ2) is 5.76. The molecule has 3 aromatic rings. The van der Waals surface area contributed by atoms with E-state index in [0.29, 0.717) is 11.3 Å². The number of aromatic nitrogens is 2. The highest BCUT2D eigenvalue weighted by molar-refractivity contribution is 5.92. The molecule has 2 N–H and O–H groups in total. The summed E-state index contributed by atoms with van der Waals surface area (Å²) in [5.74, 6) is -0.379. The number of aryl methyl sites for hydroxylation is 3. The van der Waals surface area contributed by atoms with E-state index in [1.54, 1.807) is 12.1 Å². The van der Waals surface area contributed by atoms with Crippen molar-refractivity contribution in [1.29, 1.82) is 0 Å². The molecule has 0 spiro atoms. The van der Waals surface area contributed by atoms with E-state index in [4.69, 9.17) is 0 Å². The Hall–Kier alpha value is -2.82. The minimum absolute atomic E-state index is 0.0928. The molecule has 23 heavy (non-hydrogen) atoms. The van der Waals surface area contributed by atoms with Crippen LogP contribution in [0.25, 0.3) is 10.9 Å². The first-order chi connectivity index (χ1) is 11.0. The van der Waals surface area contributed by atoms with Gasteiger partial charge in [0.05, 0.1) is 5.52 Å². The van der Waals surface area contributed by atoms with Crippen molar-refractivity contribution in [2.24, 2.45) is 0 Å². The number of H-pyrrole nitrogens is 1. The maximum atomic E-state index is 12.2. The van der Waals surface area contributed by atoms with Crippen LogP contribution in [0, 0.1) is 26.0 Å². The van der Waals surface area contributed by atoms with Gasteiger partial charge >= 0.3 is 5.91 Å². The number of carbonyl (C=O) groups is 1. The SMILES string of the molecule is Cc1cc(CNC(=O)c2cccc[n+]2[O-])c2[nH]c(C)c(C)c2c1. The van der Waals surface area contributed by atoms with Crippen LogP contribution in [-0.4, -0.2) is 10.9 Å². The number of aromatic amines is 1. The number of nitrogens with zero attached hydrogens (tertiary/aromatic N) is 1. The van der Waals surface area contributed by atoms with Crippen LogP contribution < -0.4 is 10.0 Å². The molecule has 0 unspecified atom stereocenters. The minimum atomic E-state index is -0.379. The van der Waals surface area contributed by atoms with E-state index in [9.17, 15) is 10.0 Å². The quantitative estimate of drug-likeness (QED) is 0.577. The third kappa shape index (κ3) is 2.77. The Balaban J connectivity index is 1.89. The van der Waals surface area contributed by atoms with Crippen LogP contribution in [0.3, 0.4) is 0 Å². The molecule has 0 saturated heterocycles. The van der Waals surface area contributed by atoms with Gasteiger partial charge in [-0.25, -0.2) is 0 Å². The van der Waals surface area contributed by atoms with Gasteiger partial charge in [-0.15, -0.1) is 0 Å². The van der Waals surface area contributed by atoms with Gasteiger partial charge in [-0.1, -0.05) is 11.6 Å². The summed E-state index contributed by atoms with van der Waals surface area (Å²) in [5, 5.41) is 15.6. The molecule has 0 aliphatic carbocycles. The normalized spacial score (nSPS) is 10.9. The van der Waals surface area contributed by atoms with Crippen LogP contribution in [0.5, 0.6) is 0 Å². The highest BCUT2D eigenvalue weighted by Crippen LogP contribution is 2.26. The van der Waals surface area contributed by atoms with E-state index in [1.807, 2.05) is 19.9 Å². The molecule has 3 rings (SSSR count). The van der Waals surface area contributed by atoms with Crippen LogP contribution in [0.1, 0.15) is 32.9 Å². The molecule has 2 heterocycles. The topological polar surface area (TPSA) is 71.8 Å². The van der Waals surface area contributed by atoms with E-state index in [2.05, 4.69) is 23.3 Å². The van der Waals surface area contributed by atoms with Gasteiger partial charge in [0.15, 0.2) is 6.20 Å². The van der Waals surface area contributed by atoms with Gasteiger partial charge in [0.2, 0.25) is 0 Å². The number of hydrogen-bond donors (Lipinski definition) is 2. The van der Waals surface area contributed by atoms with Gasteiger partial charge in [-0.3, -0.25) is 4.79 Å². The van der Waals surface area contributed by atoms with Crippen molar-refractivity contribution in [3.8, 4) is 0 Å². The van der Waals surface area contributed by atoms with E-state index in [1.165, 1.54) is 23.2 Å².